The Labute approximate surface area is 136 Å². The quantitative estimate of drug-likeness (QED) is 0.715. The predicted molar refractivity (Wildman–Crippen MR) is 82.4 cm³/mol. The fourth-order valence-electron chi connectivity index (χ4n) is 1.92. The number of ether oxygens (including phenoxy) is 1. The molecule has 0 saturated carbocycles. The van der Waals surface area contributed by atoms with Crippen LogP contribution in [0.3, 0.4) is 0 Å². The van der Waals surface area contributed by atoms with Crippen molar-refractivity contribution in [1.29, 1.82) is 0 Å². The first-order valence-corrected chi connectivity index (χ1v) is 7.13. The molecule has 128 valence electrons. The molecule has 2 heterocycles. The molecule has 0 atom stereocenters. The smallest absolute Gasteiger partial charge is 0.330 e. The largest absolute Gasteiger partial charge is 0.459 e. The zero-order chi connectivity index (χ0) is 17.7. The molecule has 0 aliphatic heterocycles. The predicted octanol–water partition coefficient (Wildman–Crippen LogP) is -0.460. The molecule has 24 heavy (non-hydrogen) atoms. The number of carbonyl (C=O) groups excluding carboxylic acids is 2. The van der Waals surface area contributed by atoms with Gasteiger partial charge in [-0.3, -0.25) is 23.5 Å². The number of hydrogen-bond donors (Lipinski definition) is 1. The maximum absolute atomic E-state index is 11.7. The third-order valence-corrected chi connectivity index (χ3v) is 3.37. The Hall–Kier alpha value is -3.10. The van der Waals surface area contributed by atoms with Crippen LogP contribution in [0, 0.1) is 0 Å². The summed E-state index contributed by atoms with van der Waals surface area (Å²) in [4.78, 5) is 46.6. The molecule has 0 aliphatic rings. The molecule has 2 aromatic heterocycles. The number of furan rings is 1. The second-order valence-electron chi connectivity index (χ2n) is 5.02. The van der Waals surface area contributed by atoms with Gasteiger partial charge >= 0.3 is 11.7 Å². The van der Waals surface area contributed by atoms with Crippen LogP contribution in [0.5, 0.6) is 0 Å². The number of hydrogen-bond acceptors (Lipinski definition) is 6. The molecule has 0 unspecified atom stereocenters. The Kier molecular flexibility index (Phi) is 5.35. The minimum Gasteiger partial charge on any atom is -0.459 e. The van der Waals surface area contributed by atoms with E-state index >= 15 is 0 Å². The fraction of sp³-hybridized carbons (Fsp3) is 0.333. The van der Waals surface area contributed by atoms with Crippen molar-refractivity contribution in [1.82, 2.24) is 14.5 Å². The summed E-state index contributed by atoms with van der Waals surface area (Å²) >= 11 is 0. The van der Waals surface area contributed by atoms with Crippen LogP contribution < -0.4 is 16.6 Å². The molecular formula is C15H17N3O6. The second kappa shape index (κ2) is 7.44. The maximum Gasteiger partial charge on any atom is 0.330 e. The Morgan fingerprint density at radius 2 is 2.00 bits per heavy atom. The lowest BCUT2D eigenvalue weighted by Crippen LogP contribution is -2.38. The van der Waals surface area contributed by atoms with Gasteiger partial charge in [-0.25, -0.2) is 4.79 Å². The van der Waals surface area contributed by atoms with E-state index in [-0.39, 0.29) is 31.0 Å². The highest BCUT2D eigenvalue weighted by atomic mass is 16.5. The number of amides is 1. The summed E-state index contributed by atoms with van der Waals surface area (Å²) in [5.41, 5.74) is -0.690. The number of aromatic nitrogens is 2. The van der Waals surface area contributed by atoms with E-state index in [4.69, 9.17) is 9.15 Å². The van der Waals surface area contributed by atoms with E-state index in [9.17, 15) is 19.2 Å². The average molecular weight is 335 g/mol. The molecule has 0 spiro atoms. The SMILES string of the molecule is Cn1c(COC(=O)CCNC(=O)c2ccco2)cc(=O)n(C)c1=O. The van der Waals surface area contributed by atoms with Crippen LogP contribution in [0.15, 0.2) is 38.5 Å². The Balaban J connectivity index is 1.83. The summed E-state index contributed by atoms with van der Waals surface area (Å²) in [6.45, 7) is -0.124. The van der Waals surface area contributed by atoms with Crippen LogP contribution >= 0.6 is 0 Å². The third kappa shape index (κ3) is 4.00. The number of carbonyl (C=O) groups is 2. The molecule has 1 amide bonds. The minimum atomic E-state index is -0.567. The second-order valence-corrected chi connectivity index (χ2v) is 5.02. The van der Waals surface area contributed by atoms with E-state index in [1.165, 1.54) is 37.1 Å². The number of esters is 1. The van der Waals surface area contributed by atoms with Crippen molar-refractivity contribution in [2.45, 2.75) is 13.0 Å². The molecule has 2 aromatic rings. The number of nitrogens with zero attached hydrogens (tertiary/aromatic N) is 2. The van der Waals surface area contributed by atoms with E-state index in [0.29, 0.717) is 0 Å². The van der Waals surface area contributed by atoms with Crippen LogP contribution in [0.25, 0.3) is 0 Å². The zero-order valence-corrected chi connectivity index (χ0v) is 13.3. The van der Waals surface area contributed by atoms with Gasteiger partial charge in [0.2, 0.25) is 0 Å². The molecule has 9 heteroatoms. The van der Waals surface area contributed by atoms with E-state index in [1.54, 1.807) is 6.07 Å². The van der Waals surface area contributed by atoms with Gasteiger partial charge < -0.3 is 14.5 Å². The minimum absolute atomic E-state index is 0.0504. The standard InChI is InChI=1S/C15H17N3O6/c1-17-10(8-12(19)18(2)15(17)22)9-24-13(20)5-6-16-14(21)11-4-3-7-23-11/h3-4,7-8H,5-6,9H2,1-2H3,(H,16,21). The van der Waals surface area contributed by atoms with Crippen LogP contribution in [0.2, 0.25) is 0 Å². The number of rotatable bonds is 6. The van der Waals surface area contributed by atoms with Gasteiger partial charge in [0.25, 0.3) is 11.5 Å². The molecule has 9 nitrogen and oxygen atoms in total. The summed E-state index contributed by atoms with van der Waals surface area (Å²) < 4.78 is 12.1. The summed E-state index contributed by atoms with van der Waals surface area (Å²) in [5.74, 6) is -0.844. The molecule has 0 bridgehead atoms. The summed E-state index contributed by atoms with van der Waals surface area (Å²) in [6, 6.07) is 4.31. The van der Waals surface area contributed by atoms with Crippen molar-refractivity contribution in [3.63, 3.8) is 0 Å². The summed E-state index contributed by atoms with van der Waals surface area (Å²) in [5, 5.41) is 2.51. The third-order valence-electron chi connectivity index (χ3n) is 3.37. The molecule has 0 saturated heterocycles. The molecule has 2 rings (SSSR count). The van der Waals surface area contributed by atoms with E-state index < -0.39 is 23.1 Å². The van der Waals surface area contributed by atoms with E-state index in [0.717, 1.165) is 4.57 Å². The first kappa shape index (κ1) is 17.3. The molecule has 0 fully saturated rings. The van der Waals surface area contributed by atoms with Crippen molar-refractivity contribution >= 4 is 11.9 Å². The highest BCUT2D eigenvalue weighted by Crippen LogP contribution is 2.00. The van der Waals surface area contributed by atoms with Crippen molar-refractivity contribution in [3.8, 4) is 0 Å². The zero-order valence-electron chi connectivity index (χ0n) is 13.3. The van der Waals surface area contributed by atoms with Crippen LogP contribution in [-0.4, -0.2) is 27.6 Å². The van der Waals surface area contributed by atoms with Crippen molar-refractivity contribution < 1.29 is 18.7 Å². The first-order valence-electron chi connectivity index (χ1n) is 7.13. The van der Waals surface area contributed by atoms with Gasteiger partial charge in [0.05, 0.1) is 18.4 Å². The van der Waals surface area contributed by atoms with Gasteiger partial charge in [-0.2, -0.15) is 0 Å². The lowest BCUT2D eigenvalue weighted by atomic mass is 10.3. The molecule has 0 aliphatic carbocycles. The Bertz CT molecular complexity index is 847. The highest BCUT2D eigenvalue weighted by Gasteiger charge is 2.11. The highest BCUT2D eigenvalue weighted by molar-refractivity contribution is 5.91. The monoisotopic (exact) mass is 335 g/mol. The molecule has 0 radical (unpaired) electrons. The maximum atomic E-state index is 11.7. The van der Waals surface area contributed by atoms with Crippen LogP contribution in [0.1, 0.15) is 22.7 Å². The van der Waals surface area contributed by atoms with E-state index in [1.807, 2.05) is 0 Å². The van der Waals surface area contributed by atoms with E-state index in [2.05, 4.69) is 5.32 Å². The van der Waals surface area contributed by atoms with Crippen LogP contribution in [-0.2, 0) is 30.2 Å². The van der Waals surface area contributed by atoms with Crippen LogP contribution in [0.4, 0.5) is 0 Å². The van der Waals surface area contributed by atoms with Gasteiger partial charge in [-0.1, -0.05) is 0 Å². The van der Waals surface area contributed by atoms with Gasteiger partial charge in [-0.05, 0) is 12.1 Å². The molecule has 1 N–H and O–H groups in total. The summed E-state index contributed by atoms with van der Waals surface area (Å²) in [6.07, 6.45) is 1.32. The fourth-order valence-corrected chi connectivity index (χ4v) is 1.92. The van der Waals surface area contributed by atoms with Crippen molar-refractivity contribution in [2.24, 2.45) is 14.1 Å². The van der Waals surface area contributed by atoms with Gasteiger partial charge in [0, 0.05) is 26.7 Å². The van der Waals surface area contributed by atoms with Gasteiger partial charge in [-0.15, -0.1) is 0 Å². The van der Waals surface area contributed by atoms with Gasteiger partial charge in [0.1, 0.15) is 6.61 Å². The van der Waals surface area contributed by atoms with Crippen molar-refractivity contribution in [2.75, 3.05) is 6.54 Å². The van der Waals surface area contributed by atoms with Crippen molar-refractivity contribution in [3.05, 3.63) is 56.8 Å². The number of nitrogens with one attached hydrogen (secondary N) is 1. The Morgan fingerprint density at radius 1 is 1.25 bits per heavy atom. The average Bonchev–Trinajstić information content (AvgIpc) is 3.09. The lowest BCUT2D eigenvalue weighted by molar-refractivity contribution is -0.145. The summed E-state index contributed by atoms with van der Waals surface area (Å²) in [7, 11) is 2.84. The normalized spacial score (nSPS) is 10.4. The Morgan fingerprint density at radius 3 is 2.67 bits per heavy atom. The topological polar surface area (TPSA) is 113 Å². The first-order chi connectivity index (χ1) is 11.4. The molecular weight excluding hydrogens is 318 g/mol. The lowest BCUT2D eigenvalue weighted by Gasteiger charge is -2.10. The molecule has 0 aromatic carbocycles. The van der Waals surface area contributed by atoms with Gasteiger partial charge in [0.15, 0.2) is 5.76 Å².